The summed E-state index contributed by atoms with van der Waals surface area (Å²) in [6.07, 6.45) is 4.08. The molecular formula is C24H25N5O2S. The van der Waals surface area contributed by atoms with Crippen LogP contribution in [0.25, 0.3) is 15.7 Å². The molecule has 0 aliphatic carbocycles. The van der Waals surface area contributed by atoms with Crippen LogP contribution < -0.4 is 10.6 Å². The number of imidazole rings is 1. The number of aryl methyl sites for hydroxylation is 1. The quantitative estimate of drug-likeness (QED) is 0.476. The molecule has 0 radical (unpaired) electrons. The van der Waals surface area contributed by atoms with Gasteiger partial charge in [0.05, 0.1) is 24.7 Å². The first-order valence-corrected chi connectivity index (χ1v) is 11.6. The molecule has 2 aromatic heterocycles. The molecule has 1 atom stereocenters. The van der Waals surface area contributed by atoms with Gasteiger partial charge in [0, 0.05) is 36.9 Å². The molecule has 0 saturated carbocycles. The number of fused-ring (bicyclic) bond motifs is 2. The van der Waals surface area contributed by atoms with Crippen molar-refractivity contribution in [3.63, 3.8) is 0 Å². The van der Waals surface area contributed by atoms with Crippen LogP contribution in [0.3, 0.4) is 0 Å². The number of nitrogens with zero attached hydrogens (tertiary/aromatic N) is 3. The van der Waals surface area contributed by atoms with Gasteiger partial charge in [0.1, 0.15) is 0 Å². The number of carbonyl (C=O) groups is 2. The summed E-state index contributed by atoms with van der Waals surface area (Å²) in [6.45, 7) is 4.33. The molecular weight excluding hydrogens is 422 g/mol. The predicted octanol–water partition coefficient (Wildman–Crippen LogP) is 2.86. The third kappa shape index (κ3) is 4.37. The van der Waals surface area contributed by atoms with Crippen molar-refractivity contribution in [1.82, 2.24) is 24.9 Å². The molecule has 3 heterocycles. The normalized spacial score (nSPS) is 17.0. The smallest absolute Gasteiger partial charge is 0.237 e. The fourth-order valence-corrected chi connectivity index (χ4v) is 5.05. The molecule has 0 spiro atoms. The van der Waals surface area contributed by atoms with Gasteiger partial charge in [0.2, 0.25) is 11.8 Å². The maximum Gasteiger partial charge on any atom is 0.237 e. The maximum absolute atomic E-state index is 12.7. The van der Waals surface area contributed by atoms with Gasteiger partial charge in [-0.1, -0.05) is 36.4 Å². The van der Waals surface area contributed by atoms with Crippen LogP contribution >= 0.6 is 11.3 Å². The molecule has 2 amide bonds. The Morgan fingerprint density at radius 1 is 1.22 bits per heavy atom. The largest absolute Gasteiger partial charge is 0.353 e. The molecule has 164 valence electrons. The first-order valence-electron chi connectivity index (χ1n) is 10.8. The summed E-state index contributed by atoms with van der Waals surface area (Å²) < 4.78 is 1.97. The minimum atomic E-state index is -0.483. The van der Waals surface area contributed by atoms with Crippen molar-refractivity contribution < 1.29 is 9.59 Å². The molecule has 1 aliphatic rings. The highest BCUT2D eigenvalue weighted by Crippen LogP contribution is 2.20. The average Bonchev–Trinajstić information content (AvgIpc) is 3.31. The Bertz CT molecular complexity index is 1260. The third-order valence-corrected chi connectivity index (χ3v) is 6.72. The zero-order valence-electron chi connectivity index (χ0n) is 17.9. The number of aromatic nitrogens is 2. The summed E-state index contributed by atoms with van der Waals surface area (Å²) in [5, 5.41) is 8.19. The van der Waals surface area contributed by atoms with E-state index in [-0.39, 0.29) is 18.2 Å². The second-order valence-corrected chi connectivity index (χ2v) is 9.42. The van der Waals surface area contributed by atoms with Gasteiger partial charge in [-0.15, -0.1) is 11.3 Å². The van der Waals surface area contributed by atoms with E-state index in [9.17, 15) is 9.59 Å². The molecule has 1 fully saturated rings. The molecule has 1 saturated heterocycles. The first kappa shape index (κ1) is 20.7. The van der Waals surface area contributed by atoms with Crippen LogP contribution in [0.4, 0.5) is 0 Å². The standard InChI is InChI=1S/C24H25N5O2S/c1-16-13-29-15-20(27-24(29)32-16)12-26-22(30)11-21-23(31)25-8-9-28(21)14-17-6-7-18-4-2-3-5-19(18)10-17/h2-7,10,13,15,21H,8-9,11-12,14H2,1H3,(H,25,31)(H,26,30). The lowest BCUT2D eigenvalue weighted by molar-refractivity contribution is -0.134. The van der Waals surface area contributed by atoms with Crippen LogP contribution in [0.15, 0.2) is 54.9 Å². The van der Waals surface area contributed by atoms with E-state index in [1.54, 1.807) is 11.3 Å². The number of rotatable bonds is 6. The Hall–Kier alpha value is -3.23. The lowest BCUT2D eigenvalue weighted by Crippen LogP contribution is -2.56. The van der Waals surface area contributed by atoms with Gasteiger partial charge in [0.25, 0.3) is 0 Å². The molecule has 0 bridgehead atoms. The van der Waals surface area contributed by atoms with Crippen LogP contribution in [0.5, 0.6) is 0 Å². The van der Waals surface area contributed by atoms with Crippen LogP contribution in [0.2, 0.25) is 0 Å². The minimum Gasteiger partial charge on any atom is -0.353 e. The fourth-order valence-electron chi connectivity index (χ4n) is 4.23. The molecule has 1 aliphatic heterocycles. The minimum absolute atomic E-state index is 0.0924. The van der Waals surface area contributed by atoms with E-state index < -0.39 is 6.04 Å². The summed E-state index contributed by atoms with van der Waals surface area (Å²) in [5.74, 6) is -0.242. The number of piperazine rings is 1. The van der Waals surface area contributed by atoms with Crippen molar-refractivity contribution in [3.8, 4) is 0 Å². The Labute approximate surface area is 190 Å². The molecule has 2 aromatic carbocycles. The van der Waals surface area contributed by atoms with Crippen molar-refractivity contribution >= 4 is 38.9 Å². The van der Waals surface area contributed by atoms with Crippen molar-refractivity contribution in [1.29, 1.82) is 0 Å². The van der Waals surface area contributed by atoms with Gasteiger partial charge < -0.3 is 10.6 Å². The van der Waals surface area contributed by atoms with E-state index in [4.69, 9.17) is 0 Å². The lowest BCUT2D eigenvalue weighted by Gasteiger charge is -2.34. The lowest BCUT2D eigenvalue weighted by atomic mass is 10.0. The fraction of sp³-hybridized carbons (Fsp3) is 0.292. The molecule has 4 aromatic rings. The third-order valence-electron chi connectivity index (χ3n) is 5.81. The highest BCUT2D eigenvalue weighted by atomic mass is 32.1. The Morgan fingerprint density at radius 3 is 2.91 bits per heavy atom. The van der Waals surface area contributed by atoms with E-state index in [1.165, 1.54) is 15.6 Å². The van der Waals surface area contributed by atoms with Gasteiger partial charge in [-0.05, 0) is 29.3 Å². The summed E-state index contributed by atoms with van der Waals surface area (Å²) >= 11 is 1.62. The van der Waals surface area contributed by atoms with Gasteiger partial charge in [-0.2, -0.15) is 0 Å². The number of thiazole rings is 1. The van der Waals surface area contributed by atoms with Crippen LogP contribution in [0, 0.1) is 6.92 Å². The van der Waals surface area contributed by atoms with E-state index in [1.807, 2.05) is 35.9 Å². The molecule has 7 nitrogen and oxygen atoms in total. The first-order chi connectivity index (χ1) is 15.5. The van der Waals surface area contributed by atoms with Crippen molar-refractivity contribution in [2.75, 3.05) is 13.1 Å². The Kier molecular flexibility index (Phi) is 5.63. The Balaban J connectivity index is 1.23. The highest BCUT2D eigenvalue weighted by Gasteiger charge is 2.31. The van der Waals surface area contributed by atoms with Crippen LogP contribution in [0.1, 0.15) is 22.6 Å². The van der Waals surface area contributed by atoms with Crippen molar-refractivity contribution in [2.45, 2.75) is 32.5 Å². The number of carbonyl (C=O) groups excluding carboxylic acids is 2. The number of amides is 2. The molecule has 1 unspecified atom stereocenters. The van der Waals surface area contributed by atoms with Crippen LogP contribution in [-0.2, 0) is 22.7 Å². The molecule has 2 N–H and O–H groups in total. The van der Waals surface area contributed by atoms with E-state index >= 15 is 0 Å². The van der Waals surface area contributed by atoms with Gasteiger partial charge in [-0.25, -0.2) is 4.98 Å². The van der Waals surface area contributed by atoms with E-state index in [0.717, 1.165) is 16.2 Å². The molecule has 5 rings (SSSR count). The number of benzene rings is 2. The van der Waals surface area contributed by atoms with Crippen molar-refractivity contribution in [3.05, 3.63) is 71.0 Å². The summed E-state index contributed by atoms with van der Waals surface area (Å²) in [4.78, 5) is 34.0. The van der Waals surface area contributed by atoms with E-state index in [0.29, 0.717) is 26.2 Å². The summed E-state index contributed by atoms with van der Waals surface area (Å²) in [5.41, 5.74) is 1.95. The van der Waals surface area contributed by atoms with Gasteiger partial charge in [-0.3, -0.25) is 18.9 Å². The highest BCUT2D eigenvalue weighted by molar-refractivity contribution is 7.16. The van der Waals surface area contributed by atoms with Crippen LogP contribution in [-0.4, -0.2) is 45.2 Å². The summed E-state index contributed by atoms with van der Waals surface area (Å²) in [7, 11) is 0. The SMILES string of the molecule is Cc1cn2cc(CNC(=O)CC3C(=O)NCCN3Cc3ccc4ccccc4c3)nc2s1. The zero-order chi connectivity index (χ0) is 22.1. The number of hydrogen-bond acceptors (Lipinski definition) is 5. The Morgan fingerprint density at radius 2 is 2.06 bits per heavy atom. The number of nitrogens with one attached hydrogen (secondary N) is 2. The van der Waals surface area contributed by atoms with Gasteiger partial charge >= 0.3 is 0 Å². The van der Waals surface area contributed by atoms with Gasteiger partial charge in [0.15, 0.2) is 4.96 Å². The zero-order valence-corrected chi connectivity index (χ0v) is 18.7. The topological polar surface area (TPSA) is 78.7 Å². The predicted molar refractivity (Wildman–Crippen MR) is 125 cm³/mol. The maximum atomic E-state index is 12.7. The van der Waals surface area contributed by atoms with Crippen molar-refractivity contribution in [2.24, 2.45) is 0 Å². The summed E-state index contributed by atoms with van der Waals surface area (Å²) in [6, 6.07) is 14.1. The second-order valence-electron chi connectivity index (χ2n) is 8.20. The molecule has 8 heteroatoms. The van der Waals surface area contributed by atoms with E-state index in [2.05, 4.69) is 50.8 Å². The molecule has 32 heavy (non-hydrogen) atoms. The number of hydrogen-bond donors (Lipinski definition) is 2. The average molecular weight is 448 g/mol. The monoisotopic (exact) mass is 447 g/mol. The second kappa shape index (κ2) is 8.72.